The van der Waals surface area contributed by atoms with E-state index < -0.39 is 11.2 Å². The fourth-order valence-corrected chi connectivity index (χ4v) is 2.79. The molecule has 1 aromatic rings. The highest BCUT2D eigenvalue weighted by Gasteiger charge is 2.21. The van der Waals surface area contributed by atoms with E-state index in [4.69, 9.17) is 5.11 Å². The lowest BCUT2D eigenvalue weighted by molar-refractivity contribution is -0.136. The Morgan fingerprint density at radius 2 is 2.05 bits per heavy atom. The molecule has 4 nitrogen and oxygen atoms in total. The van der Waals surface area contributed by atoms with E-state index >= 15 is 0 Å². The predicted molar refractivity (Wildman–Crippen MR) is 75.1 cm³/mol. The summed E-state index contributed by atoms with van der Waals surface area (Å²) in [6.07, 6.45) is 0.876. The molecule has 1 aliphatic heterocycles. The molecule has 0 radical (unpaired) electrons. The maximum atomic E-state index is 12.0. The van der Waals surface area contributed by atoms with Crippen molar-refractivity contribution in [2.24, 2.45) is 0 Å². The molecule has 1 heterocycles. The smallest absolute Gasteiger partial charge is 0.316 e. The Labute approximate surface area is 116 Å². The third-order valence-corrected chi connectivity index (χ3v) is 4.40. The maximum absolute atomic E-state index is 12.0. The molecular formula is C14H17NO3S. The van der Waals surface area contributed by atoms with Gasteiger partial charge in [-0.05, 0) is 24.5 Å². The minimum absolute atomic E-state index is 0.0209. The monoisotopic (exact) mass is 279 g/mol. The van der Waals surface area contributed by atoms with Crippen LogP contribution in [0.3, 0.4) is 0 Å². The highest BCUT2D eigenvalue weighted by atomic mass is 32.2. The van der Waals surface area contributed by atoms with Crippen molar-refractivity contribution in [2.45, 2.75) is 25.1 Å². The van der Waals surface area contributed by atoms with Crippen LogP contribution in [0.5, 0.6) is 0 Å². The molecule has 1 atom stereocenters. The van der Waals surface area contributed by atoms with Crippen LogP contribution in [-0.2, 0) is 22.6 Å². The van der Waals surface area contributed by atoms with E-state index in [-0.39, 0.29) is 11.7 Å². The fraction of sp³-hybridized carbons (Fsp3) is 0.429. The second kappa shape index (κ2) is 6.10. The number of amides is 1. The number of fused-ring (bicyclic) bond motifs is 1. The Balaban J connectivity index is 1.90. The van der Waals surface area contributed by atoms with Crippen molar-refractivity contribution >= 4 is 23.6 Å². The summed E-state index contributed by atoms with van der Waals surface area (Å²) in [7, 11) is 0. The number of benzene rings is 1. The van der Waals surface area contributed by atoms with Gasteiger partial charge in [-0.3, -0.25) is 9.59 Å². The zero-order valence-corrected chi connectivity index (χ0v) is 11.7. The average Bonchev–Trinajstić information content (AvgIpc) is 2.43. The molecule has 2 rings (SSSR count). The summed E-state index contributed by atoms with van der Waals surface area (Å²) in [6, 6.07) is 8.13. The normalized spacial score (nSPS) is 15.7. The van der Waals surface area contributed by atoms with Crippen molar-refractivity contribution in [3.8, 4) is 0 Å². The first-order valence-electron chi connectivity index (χ1n) is 6.27. The highest BCUT2D eigenvalue weighted by molar-refractivity contribution is 8.01. The molecule has 0 bridgehead atoms. The molecule has 0 aromatic heterocycles. The quantitative estimate of drug-likeness (QED) is 0.912. The number of carbonyl (C=O) groups is 2. The number of thioether (sulfide) groups is 1. The molecule has 0 saturated heterocycles. The Bertz CT molecular complexity index is 489. The van der Waals surface area contributed by atoms with Crippen LogP contribution in [0.1, 0.15) is 18.1 Å². The summed E-state index contributed by atoms with van der Waals surface area (Å²) < 4.78 is 0. The number of nitrogens with zero attached hydrogens (tertiary/aromatic N) is 1. The van der Waals surface area contributed by atoms with E-state index in [1.54, 1.807) is 6.92 Å². The average molecular weight is 279 g/mol. The van der Waals surface area contributed by atoms with E-state index in [2.05, 4.69) is 6.07 Å². The van der Waals surface area contributed by atoms with E-state index in [0.29, 0.717) is 6.54 Å². The SMILES string of the molecule is CC(SCC(=O)N1CCc2ccccc2C1)C(=O)O. The van der Waals surface area contributed by atoms with Crippen molar-refractivity contribution in [1.82, 2.24) is 4.90 Å². The lowest BCUT2D eigenvalue weighted by Crippen LogP contribution is -2.37. The molecule has 5 heteroatoms. The van der Waals surface area contributed by atoms with Gasteiger partial charge in [0.05, 0.1) is 11.0 Å². The van der Waals surface area contributed by atoms with Gasteiger partial charge in [-0.25, -0.2) is 0 Å². The summed E-state index contributed by atoms with van der Waals surface area (Å²) in [6.45, 7) is 2.96. The van der Waals surface area contributed by atoms with Crippen LogP contribution in [0, 0.1) is 0 Å². The second-order valence-electron chi connectivity index (χ2n) is 4.63. The minimum Gasteiger partial charge on any atom is -0.480 e. The van der Waals surface area contributed by atoms with Gasteiger partial charge in [0.1, 0.15) is 0 Å². The van der Waals surface area contributed by atoms with E-state index in [9.17, 15) is 9.59 Å². The Kier molecular flexibility index (Phi) is 4.47. The topological polar surface area (TPSA) is 57.6 Å². The second-order valence-corrected chi connectivity index (χ2v) is 5.95. The van der Waals surface area contributed by atoms with Crippen LogP contribution in [0.25, 0.3) is 0 Å². The third-order valence-electron chi connectivity index (χ3n) is 3.29. The number of hydrogen-bond donors (Lipinski definition) is 1. The van der Waals surface area contributed by atoms with Crippen molar-refractivity contribution in [2.75, 3.05) is 12.3 Å². The molecule has 0 saturated carbocycles. The van der Waals surface area contributed by atoms with Gasteiger partial charge in [-0.2, -0.15) is 0 Å². The van der Waals surface area contributed by atoms with E-state index in [1.807, 2.05) is 23.1 Å². The number of carboxylic acids is 1. The summed E-state index contributed by atoms with van der Waals surface area (Å²) in [5, 5.41) is 8.25. The zero-order chi connectivity index (χ0) is 13.8. The summed E-state index contributed by atoms with van der Waals surface area (Å²) in [5.74, 6) is -0.621. The first kappa shape index (κ1) is 13.9. The molecule has 0 aliphatic carbocycles. The van der Waals surface area contributed by atoms with Crippen LogP contribution in [-0.4, -0.2) is 39.4 Å². The van der Waals surface area contributed by atoms with E-state index in [0.717, 1.165) is 13.0 Å². The van der Waals surface area contributed by atoms with Crippen LogP contribution in [0.4, 0.5) is 0 Å². The van der Waals surface area contributed by atoms with Crippen LogP contribution >= 0.6 is 11.8 Å². The van der Waals surface area contributed by atoms with Crippen molar-refractivity contribution in [3.05, 3.63) is 35.4 Å². The summed E-state index contributed by atoms with van der Waals surface area (Å²) in [5.41, 5.74) is 2.50. The number of rotatable bonds is 4. The number of carbonyl (C=O) groups excluding carboxylic acids is 1. The predicted octanol–water partition coefficient (Wildman–Crippen LogP) is 1.78. The van der Waals surface area contributed by atoms with Gasteiger partial charge >= 0.3 is 5.97 Å². The van der Waals surface area contributed by atoms with Gasteiger partial charge in [0.25, 0.3) is 0 Å². The lowest BCUT2D eigenvalue weighted by atomic mass is 10.00. The number of carboxylic acid groups (broad SMARTS) is 1. The van der Waals surface area contributed by atoms with Gasteiger partial charge in [-0.15, -0.1) is 11.8 Å². The molecule has 1 aromatic carbocycles. The van der Waals surface area contributed by atoms with Gasteiger partial charge in [0.2, 0.25) is 5.91 Å². The summed E-state index contributed by atoms with van der Waals surface area (Å²) >= 11 is 1.18. The molecule has 1 N–H and O–H groups in total. The van der Waals surface area contributed by atoms with Crippen LogP contribution < -0.4 is 0 Å². The Morgan fingerprint density at radius 1 is 1.37 bits per heavy atom. The lowest BCUT2D eigenvalue weighted by Gasteiger charge is -2.29. The zero-order valence-electron chi connectivity index (χ0n) is 10.8. The first-order valence-corrected chi connectivity index (χ1v) is 7.32. The molecule has 0 spiro atoms. The summed E-state index contributed by atoms with van der Waals surface area (Å²) in [4.78, 5) is 24.6. The standard InChI is InChI=1S/C14H17NO3S/c1-10(14(17)18)19-9-13(16)15-7-6-11-4-2-3-5-12(11)8-15/h2-5,10H,6-9H2,1H3,(H,17,18). The third kappa shape index (κ3) is 3.50. The van der Waals surface area contributed by atoms with Crippen molar-refractivity contribution < 1.29 is 14.7 Å². The van der Waals surface area contributed by atoms with Crippen LogP contribution in [0.15, 0.2) is 24.3 Å². The van der Waals surface area contributed by atoms with Gasteiger partial charge in [-0.1, -0.05) is 24.3 Å². The number of hydrogen-bond acceptors (Lipinski definition) is 3. The van der Waals surface area contributed by atoms with Crippen LogP contribution in [0.2, 0.25) is 0 Å². The largest absolute Gasteiger partial charge is 0.480 e. The molecule has 19 heavy (non-hydrogen) atoms. The fourth-order valence-electron chi connectivity index (χ4n) is 2.07. The maximum Gasteiger partial charge on any atom is 0.316 e. The highest BCUT2D eigenvalue weighted by Crippen LogP contribution is 2.20. The van der Waals surface area contributed by atoms with Crippen molar-refractivity contribution in [3.63, 3.8) is 0 Å². The molecule has 1 amide bonds. The molecular weight excluding hydrogens is 262 g/mol. The first-order chi connectivity index (χ1) is 9.08. The van der Waals surface area contributed by atoms with Gasteiger partial charge in [0.15, 0.2) is 0 Å². The van der Waals surface area contributed by atoms with Crippen molar-refractivity contribution in [1.29, 1.82) is 0 Å². The number of aliphatic carboxylic acids is 1. The minimum atomic E-state index is -0.873. The Hall–Kier alpha value is -1.49. The molecule has 1 unspecified atom stereocenters. The van der Waals surface area contributed by atoms with Gasteiger partial charge in [0, 0.05) is 13.1 Å². The van der Waals surface area contributed by atoms with E-state index in [1.165, 1.54) is 22.9 Å². The molecule has 1 aliphatic rings. The van der Waals surface area contributed by atoms with Gasteiger partial charge < -0.3 is 10.0 Å². The molecule has 102 valence electrons. The molecule has 0 fully saturated rings. The Morgan fingerprint density at radius 3 is 2.74 bits per heavy atom.